The molecule has 2 fully saturated rings. The Morgan fingerprint density at radius 2 is 1.92 bits per heavy atom. The highest BCUT2D eigenvalue weighted by molar-refractivity contribution is 7.17. The minimum absolute atomic E-state index is 0.0463. The third-order valence-electron chi connectivity index (χ3n) is 6.04. The van der Waals surface area contributed by atoms with Crippen LogP contribution in [0.5, 0.6) is 0 Å². The second kappa shape index (κ2) is 12.0. The summed E-state index contributed by atoms with van der Waals surface area (Å²) in [6, 6.07) is -0.239. The van der Waals surface area contributed by atoms with Crippen LogP contribution >= 0.6 is 11.3 Å². The molecule has 2 aliphatic rings. The molecule has 0 aromatic carbocycles. The third kappa shape index (κ3) is 8.00. The Morgan fingerprint density at radius 1 is 1.28 bits per heavy atom. The Labute approximate surface area is 222 Å². The molecule has 2 aromatic rings. The summed E-state index contributed by atoms with van der Waals surface area (Å²) in [7, 11) is 0. The van der Waals surface area contributed by atoms with Gasteiger partial charge in [0.2, 0.25) is 0 Å². The Hall–Kier alpha value is -3.01. The summed E-state index contributed by atoms with van der Waals surface area (Å²) in [5.74, 6) is -5.79. The number of carbonyl (C=O) groups excluding carboxylic acids is 2. The first-order valence-corrected chi connectivity index (χ1v) is 12.7. The van der Waals surface area contributed by atoms with Crippen molar-refractivity contribution in [1.29, 1.82) is 0 Å². The van der Waals surface area contributed by atoms with Crippen LogP contribution in [-0.4, -0.2) is 69.1 Å². The van der Waals surface area contributed by atoms with Crippen LogP contribution in [-0.2, 0) is 0 Å². The average Bonchev–Trinajstić information content (AvgIpc) is 3.55. The molecule has 1 atom stereocenters. The van der Waals surface area contributed by atoms with Gasteiger partial charge in [0.05, 0.1) is 17.5 Å². The van der Waals surface area contributed by atoms with Gasteiger partial charge in [-0.1, -0.05) is 12.8 Å². The highest BCUT2D eigenvalue weighted by Gasteiger charge is 2.46. The standard InChI is InChI=1S/C18H16F7N5O2S.C5H10O/c1-7-3-17(21,22)6-30(7)16(32)11-12(33-15(29-11)14(26)31)9-4-27-10(2-8(9)13(19)20)28-5-18(23,24)25;6-5-3-1-2-4-5/h2,4,7,13H,3,5-6H2,1H3,(H2,26,31)(H,27,28);5-6H,1-4H2. The van der Waals surface area contributed by atoms with Gasteiger partial charge in [-0.05, 0) is 25.8 Å². The van der Waals surface area contributed by atoms with Crippen molar-refractivity contribution < 1.29 is 45.4 Å². The number of nitrogens with two attached hydrogens (primary N) is 1. The number of carbonyl (C=O) groups is 2. The van der Waals surface area contributed by atoms with Crippen molar-refractivity contribution >= 4 is 29.0 Å². The molecule has 0 radical (unpaired) electrons. The molecule has 1 aliphatic heterocycles. The number of halogens is 7. The zero-order valence-corrected chi connectivity index (χ0v) is 21.4. The minimum Gasteiger partial charge on any atom is -0.393 e. The maximum Gasteiger partial charge on any atom is 0.405 e. The smallest absolute Gasteiger partial charge is 0.393 e. The number of aliphatic hydroxyl groups excluding tert-OH is 1. The van der Waals surface area contributed by atoms with Gasteiger partial charge in [-0.3, -0.25) is 9.59 Å². The lowest BCUT2D eigenvalue weighted by Gasteiger charge is -2.20. The highest BCUT2D eigenvalue weighted by atomic mass is 32.1. The fraction of sp³-hybridized carbons (Fsp3) is 0.565. The Morgan fingerprint density at radius 3 is 2.38 bits per heavy atom. The van der Waals surface area contributed by atoms with Crippen LogP contribution in [0.15, 0.2) is 12.3 Å². The molecular weight excluding hydrogens is 559 g/mol. The van der Waals surface area contributed by atoms with E-state index < -0.39 is 83.5 Å². The van der Waals surface area contributed by atoms with E-state index in [-0.39, 0.29) is 11.0 Å². The fourth-order valence-electron chi connectivity index (χ4n) is 4.21. The molecule has 2 amide bonds. The van der Waals surface area contributed by atoms with Gasteiger partial charge in [-0.15, -0.1) is 11.3 Å². The fourth-order valence-corrected chi connectivity index (χ4v) is 5.15. The van der Waals surface area contributed by atoms with E-state index in [4.69, 9.17) is 10.8 Å². The number of amides is 2. The van der Waals surface area contributed by atoms with E-state index >= 15 is 0 Å². The number of primary amides is 1. The van der Waals surface area contributed by atoms with E-state index in [9.17, 15) is 40.3 Å². The van der Waals surface area contributed by atoms with Gasteiger partial charge in [-0.25, -0.2) is 27.5 Å². The highest BCUT2D eigenvalue weighted by Crippen LogP contribution is 2.40. The van der Waals surface area contributed by atoms with Crippen molar-refractivity contribution in [2.24, 2.45) is 5.73 Å². The lowest BCUT2D eigenvalue weighted by atomic mass is 10.1. The molecule has 1 saturated carbocycles. The first-order valence-electron chi connectivity index (χ1n) is 11.8. The van der Waals surface area contributed by atoms with E-state index in [0.29, 0.717) is 17.4 Å². The number of rotatable bonds is 6. The van der Waals surface area contributed by atoms with Gasteiger partial charge in [0.25, 0.3) is 24.2 Å². The molecule has 1 unspecified atom stereocenters. The molecule has 16 heteroatoms. The number of likely N-dealkylation sites (tertiary alicyclic amines) is 1. The van der Waals surface area contributed by atoms with Gasteiger partial charge in [0, 0.05) is 29.8 Å². The summed E-state index contributed by atoms with van der Waals surface area (Å²) in [4.78, 5) is 32.5. The van der Waals surface area contributed by atoms with Gasteiger partial charge in [0.15, 0.2) is 5.01 Å². The summed E-state index contributed by atoms with van der Waals surface area (Å²) in [5, 5.41) is 10.2. The molecule has 216 valence electrons. The molecule has 39 heavy (non-hydrogen) atoms. The lowest BCUT2D eigenvalue weighted by Crippen LogP contribution is -2.35. The third-order valence-corrected chi connectivity index (χ3v) is 7.14. The number of aliphatic hydroxyl groups is 1. The maximum absolute atomic E-state index is 13.8. The topological polar surface area (TPSA) is 121 Å². The van der Waals surface area contributed by atoms with E-state index in [1.54, 1.807) is 0 Å². The van der Waals surface area contributed by atoms with Crippen LogP contribution in [0.4, 0.5) is 36.6 Å². The summed E-state index contributed by atoms with van der Waals surface area (Å²) >= 11 is 0.470. The van der Waals surface area contributed by atoms with Crippen molar-refractivity contribution in [2.75, 3.05) is 18.4 Å². The molecule has 3 heterocycles. The number of alkyl halides is 7. The van der Waals surface area contributed by atoms with Crippen molar-refractivity contribution in [3.05, 3.63) is 28.5 Å². The number of hydrogen-bond donors (Lipinski definition) is 3. The number of thiazole rings is 1. The normalized spacial score (nSPS) is 19.2. The number of nitrogens with zero attached hydrogens (tertiary/aromatic N) is 3. The number of aromatic nitrogens is 2. The number of pyridine rings is 1. The molecule has 1 saturated heterocycles. The summed E-state index contributed by atoms with van der Waals surface area (Å²) in [6.07, 6.45) is -3.08. The van der Waals surface area contributed by atoms with E-state index in [2.05, 4.69) is 9.97 Å². The van der Waals surface area contributed by atoms with Gasteiger partial charge >= 0.3 is 6.18 Å². The van der Waals surface area contributed by atoms with E-state index in [0.717, 1.165) is 23.9 Å². The van der Waals surface area contributed by atoms with Crippen molar-refractivity contribution in [3.63, 3.8) is 0 Å². The largest absolute Gasteiger partial charge is 0.405 e. The molecule has 2 aromatic heterocycles. The van der Waals surface area contributed by atoms with Crippen molar-refractivity contribution in [1.82, 2.24) is 14.9 Å². The van der Waals surface area contributed by atoms with Crippen molar-refractivity contribution in [3.8, 4) is 10.4 Å². The number of hydrogen-bond acceptors (Lipinski definition) is 7. The molecule has 0 spiro atoms. The SMILES string of the molecule is CC1CC(F)(F)CN1C(=O)c1nc(C(N)=O)sc1-c1cnc(NCC(F)(F)F)cc1C(F)F.OC1CCCC1. The summed E-state index contributed by atoms with van der Waals surface area (Å²) in [5.41, 5.74) is 3.43. The maximum atomic E-state index is 13.8. The minimum atomic E-state index is -4.63. The quantitative estimate of drug-likeness (QED) is 0.410. The molecule has 8 nitrogen and oxygen atoms in total. The van der Waals surface area contributed by atoms with E-state index in [1.807, 2.05) is 5.32 Å². The van der Waals surface area contributed by atoms with Crippen LogP contribution in [0.2, 0.25) is 0 Å². The van der Waals surface area contributed by atoms with Crippen molar-refractivity contribution in [2.45, 2.75) is 69.7 Å². The number of nitrogens with one attached hydrogen (secondary N) is 1. The van der Waals surface area contributed by atoms with Crippen LogP contribution in [0.1, 0.15) is 71.3 Å². The van der Waals surface area contributed by atoms with Gasteiger partial charge in [0.1, 0.15) is 18.1 Å². The Bertz CT molecular complexity index is 1190. The lowest BCUT2D eigenvalue weighted by molar-refractivity contribution is -0.115. The monoisotopic (exact) mass is 585 g/mol. The van der Waals surface area contributed by atoms with Crippen LogP contribution in [0, 0.1) is 0 Å². The predicted molar refractivity (Wildman–Crippen MR) is 128 cm³/mol. The predicted octanol–water partition coefficient (Wildman–Crippen LogP) is 5.01. The van der Waals surface area contributed by atoms with Gasteiger partial charge in [-0.2, -0.15) is 13.2 Å². The zero-order chi connectivity index (χ0) is 29.1. The molecule has 4 N–H and O–H groups in total. The number of anilines is 1. The summed E-state index contributed by atoms with van der Waals surface area (Å²) in [6.45, 7) is -1.09. The second-order valence-corrected chi connectivity index (χ2v) is 10.3. The second-order valence-electron chi connectivity index (χ2n) is 9.27. The zero-order valence-electron chi connectivity index (χ0n) is 20.6. The van der Waals surface area contributed by atoms with Crippen LogP contribution in [0.3, 0.4) is 0 Å². The molecule has 4 rings (SSSR count). The summed E-state index contributed by atoms with van der Waals surface area (Å²) < 4.78 is 92.3. The molecule has 0 bridgehead atoms. The first kappa shape index (κ1) is 30.5. The Balaban J connectivity index is 0.000000617. The van der Waals surface area contributed by atoms with Crippen LogP contribution in [0.25, 0.3) is 10.4 Å². The average molecular weight is 586 g/mol. The van der Waals surface area contributed by atoms with Crippen LogP contribution < -0.4 is 11.1 Å². The molecule has 1 aliphatic carbocycles. The molecular formula is C23H26F7N5O3S. The van der Waals surface area contributed by atoms with E-state index in [1.165, 1.54) is 19.8 Å². The first-order chi connectivity index (χ1) is 18.1. The van der Waals surface area contributed by atoms with Gasteiger partial charge < -0.3 is 21.1 Å². The Kier molecular flexibility index (Phi) is 9.41.